The van der Waals surface area contributed by atoms with E-state index in [0.717, 1.165) is 75.5 Å². The van der Waals surface area contributed by atoms with Gasteiger partial charge in [-0.2, -0.15) is 0 Å². The van der Waals surface area contributed by atoms with Crippen molar-refractivity contribution in [3.05, 3.63) is 46.2 Å². The molecule has 0 N–H and O–H groups in total. The third-order valence-electron chi connectivity index (χ3n) is 5.79. The zero-order chi connectivity index (χ0) is 20.1. The fourth-order valence-electron chi connectivity index (χ4n) is 4.08. The second-order valence-electron chi connectivity index (χ2n) is 7.99. The minimum atomic E-state index is -0.266. The maximum absolute atomic E-state index is 12.9. The first kappa shape index (κ1) is 20.3. The van der Waals surface area contributed by atoms with Gasteiger partial charge in [0.1, 0.15) is 23.2 Å². The zero-order valence-corrected chi connectivity index (χ0v) is 17.5. The summed E-state index contributed by atoms with van der Waals surface area (Å²) in [5, 5.41) is 3.02. The number of amides is 1. The number of carbonyl (C=O) groups is 1. The van der Waals surface area contributed by atoms with E-state index in [0.29, 0.717) is 24.2 Å². The minimum Gasteiger partial charge on any atom is -0.486 e. The smallest absolute Gasteiger partial charge is 0.222 e. The highest BCUT2D eigenvalue weighted by Gasteiger charge is 2.25. The highest BCUT2D eigenvalue weighted by Crippen LogP contribution is 2.24. The summed E-state index contributed by atoms with van der Waals surface area (Å²) in [6.45, 7) is 5.20. The SMILES string of the molecule is O=C(CC1CCN(Cc2csc(COc3ccc(F)cc3)n2)CC1)N1CCCC1. The Balaban J connectivity index is 1.18. The second kappa shape index (κ2) is 9.67. The molecule has 2 saturated heterocycles. The van der Waals surface area contributed by atoms with Crippen LogP contribution >= 0.6 is 11.3 Å². The Hall–Kier alpha value is -1.99. The molecular weight excluding hydrogens is 389 g/mol. The van der Waals surface area contributed by atoms with Gasteiger partial charge >= 0.3 is 0 Å². The standard InChI is InChI=1S/C22H28FN3O2S/c23-18-3-5-20(6-4-18)28-15-21-24-19(16-29-21)14-25-11-7-17(8-12-25)13-22(27)26-9-1-2-10-26/h3-6,16-17H,1-2,7-15H2. The second-order valence-corrected chi connectivity index (χ2v) is 8.93. The molecule has 0 saturated carbocycles. The van der Waals surface area contributed by atoms with Gasteiger partial charge in [0.2, 0.25) is 5.91 Å². The minimum absolute atomic E-state index is 0.266. The summed E-state index contributed by atoms with van der Waals surface area (Å²) in [7, 11) is 0. The van der Waals surface area contributed by atoms with Crippen molar-refractivity contribution in [3.8, 4) is 5.75 Å². The maximum Gasteiger partial charge on any atom is 0.222 e. The molecule has 0 radical (unpaired) electrons. The number of ether oxygens (including phenoxy) is 1. The van der Waals surface area contributed by atoms with E-state index >= 15 is 0 Å². The number of thiazole rings is 1. The number of nitrogens with zero attached hydrogens (tertiary/aromatic N) is 3. The van der Waals surface area contributed by atoms with Crippen molar-refractivity contribution in [2.75, 3.05) is 26.2 Å². The van der Waals surface area contributed by atoms with Gasteiger partial charge in [-0.3, -0.25) is 9.69 Å². The highest BCUT2D eigenvalue weighted by molar-refractivity contribution is 7.09. The first-order chi connectivity index (χ1) is 14.2. The van der Waals surface area contributed by atoms with Crippen molar-refractivity contribution < 1.29 is 13.9 Å². The van der Waals surface area contributed by atoms with E-state index in [2.05, 4.69) is 15.3 Å². The molecule has 4 rings (SSSR count). The summed E-state index contributed by atoms with van der Waals surface area (Å²) >= 11 is 1.60. The molecule has 2 aliphatic heterocycles. The van der Waals surface area contributed by atoms with Crippen molar-refractivity contribution in [2.45, 2.75) is 45.3 Å². The summed E-state index contributed by atoms with van der Waals surface area (Å²) in [6.07, 6.45) is 5.22. The van der Waals surface area contributed by atoms with E-state index in [1.807, 2.05) is 4.90 Å². The zero-order valence-electron chi connectivity index (χ0n) is 16.7. The molecule has 7 heteroatoms. The molecule has 1 aromatic heterocycles. The van der Waals surface area contributed by atoms with Gasteiger partial charge in [-0.1, -0.05) is 0 Å². The van der Waals surface area contributed by atoms with Crippen LogP contribution in [0.4, 0.5) is 4.39 Å². The largest absolute Gasteiger partial charge is 0.486 e. The number of hydrogen-bond acceptors (Lipinski definition) is 5. The Kier molecular flexibility index (Phi) is 6.77. The van der Waals surface area contributed by atoms with E-state index in [-0.39, 0.29) is 5.82 Å². The molecule has 2 aromatic rings. The molecular formula is C22H28FN3O2S. The van der Waals surface area contributed by atoms with Gasteiger partial charge in [0.15, 0.2) is 0 Å². The van der Waals surface area contributed by atoms with Gasteiger partial charge < -0.3 is 9.64 Å². The molecule has 29 heavy (non-hydrogen) atoms. The average Bonchev–Trinajstić information content (AvgIpc) is 3.41. The van der Waals surface area contributed by atoms with Crippen LogP contribution in [0.1, 0.15) is 42.8 Å². The van der Waals surface area contributed by atoms with Gasteiger partial charge in [0.25, 0.3) is 0 Å². The Labute approximate surface area is 175 Å². The molecule has 0 atom stereocenters. The Bertz CT molecular complexity index is 797. The molecule has 0 unspecified atom stereocenters. The molecule has 156 valence electrons. The van der Waals surface area contributed by atoms with E-state index in [1.165, 1.54) is 12.1 Å². The van der Waals surface area contributed by atoms with E-state index < -0.39 is 0 Å². The van der Waals surface area contributed by atoms with Crippen molar-refractivity contribution in [3.63, 3.8) is 0 Å². The molecule has 5 nitrogen and oxygen atoms in total. The number of carbonyl (C=O) groups excluding carboxylic acids is 1. The lowest BCUT2D eigenvalue weighted by atomic mass is 9.93. The molecule has 1 aromatic carbocycles. The Morgan fingerprint density at radius 2 is 1.86 bits per heavy atom. The molecule has 2 fully saturated rings. The van der Waals surface area contributed by atoms with Gasteiger partial charge in [-0.05, 0) is 69.0 Å². The van der Waals surface area contributed by atoms with Crippen LogP contribution in [0.2, 0.25) is 0 Å². The van der Waals surface area contributed by atoms with Crippen LogP contribution in [0.25, 0.3) is 0 Å². The quantitative estimate of drug-likeness (QED) is 0.681. The number of rotatable bonds is 7. The van der Waals surface area contributed by atoms with Crippen molar-refractivity contribution in [1.29, 1.82) is 0 Å². The number of benzene rings is 1. The monoisotopic (exact) mass is 417 g/mol. The predicted octanol–water partition coefficient (Wildman–Crippen LogP) is 4.09. The van der Waals surface area contributed by atoms with Crippen LogP contribution in [0.3, 0.4) is 0 Å². The van der Waals surface area contributed by atoms with E-state index in [1.54, 1.807) is 23.5 Å². The molecule has 2 aliphatic rings. The van der Waals surface area contributed by atoms with Gasteiger partial charge in [0.05, 0.1) is 5.69 Å². The van der Waals surface area contributed by atoms with Crippen molar-refractivity contribution in [1.82, 2.24) is 14.8 Å². The van der Waals surface area contributed by atoms with E-state index in [4.69, 9.17) is 4.74 Å². The number of piperidine rings is 1. The number of likely N-dealkylation sites (tertiary alicyclic amines) is 2. The summed E-state index contributed by atoms with van der Waals surface area (Å²) in [6, 6.07) is 6.04. The number of hydrogen-bond donors (Lipinski definition) is 0. The van der Waals surface area contributed by atoms with Gasteiger partial charge in [0, 0.05) is 31.4 Å². The Morgan fingerprint density at radius 3 is 2.59 bits per heavy atom. The first-order valence-corrected chi connectivity index (χ1v) is 11.4. The summed E-state index contributed by atoms with van der Waals surface area (Å²) in [5.74, 6) is 1.26. The lowest BCUT2D eigenvalue weighted by Crippen LogP contribution is -2.36. The summed E-state index contributed by atoms with van der Waals surface area (Å²) in [4.78, 5) is 21.5. The van der Waals surface area contributed by atoms with Crippen molar-refractivity contribution >= 4 is 17.2 Å². The van der Waals surface area contributed by atoms with Crippen LogP contribution in [0, 0.1) is 11.7 Å². The lowest BCUT2D eigenvalue weighted by Gasteiger charge is -2.31. The number of aromatic nitrogens is 1. The first-order valence-electron chi connectivity index (χ1n) is 10.5. The van der Waals surface area contributed by atoms with Crippen LogP contribution in [-0.2, 0) is 17.9 Å². The van der Waals surface area contributed by atoms with Crippen LogP contribution < -0.4 is 4.74 Å². The molecule has 0 bridgehead atoms. The van der Waals surface area contributed by atoms with Crippen LogP contribution in [0.15, 0.2) is 29.6 Å². The summed E-state index contributed by atoms with van der Waals surface area (Å²) in [5.41, 5.74) is 1.07. The van der Waals surface area contributed by atoms with Gasteiger partial charge in [-0.15, -0.1) is 11.3 Å². The molecule has 3 heterocycles. The maximum atomic E-state index is 12.9. The van der Waals surface area contributed by atoms with E-state index in [9.17, 15) is 9.18 Å². The number of halogens is 1. The third-order valence-corrected chi connectivity index (χ3v) is 6.66. The average molecular weight is 418 g/mol. The summed E-state index contributed by atoms with van der Waals surface area (Å²) < 4.78 is 18.6. The van der Waals surface area contributed by atoms with Crippen LogP contribution in [0.5, 0.6) is 5.75 Å². The molecule has 0 aliphatic carbocycles. The van der Waals surface area contributed by atoms with Crippen LogP contribution in [-0.4, -0.2) is 46.9 Å². The highest BCUT2D eigenvalue weighted by atomic mass is 32.1. The normalized spacial score (nSPS) is 18.3. The third kappa shape index (κ3) is 5.76. The Morgan fingerprint density at radius 1 is 1.14 bits per heavy atom. The lowest BCUT2D eigenvalue weighted by molar-refractivity contribution is -0.131. The predicted molar refractivity (Wildman–Crippen MR) is 111 cm³/mol. The topological polar surface area (TPSA) is 45.7 Å². The fourth-order valence-corrected chi connectivity index (χ4v) is 4.78. The van der Waals surface area contributed by atoms with Crippen molar-refractivity contribution in [2.24, 2.45) is 5.92 Å². The molecule has 1 amide bonds. The molecule has 0 spiro atoms. The fraction of sp³-hybridized carbons (Fsp3) is 0.545. The van der Waals surface area contributed by atoms with Gasteiger partial charge in [-0.25, -0.2) is 9.37 Å².